The summed E-state index contributed by atoms with van der Waals surface area (Å²) in [6, 6.07) is 14.3. The Hall–Kier alpha value is -2.64. The second-order valence-corrected chi connectivity index (χ2v) is 7.85. The van der Waals surface area contributed by atoms with Gasteiger partial charge in [0.1, 0.15) is 17.0 Å². The minimum atomic E-state index is -3.68. The highest BCUT2D eigenvalue weighted by atomic mass is 32.2. The Kier molecular flexibility index (Phi) is 6.49. The van der Waals surface area contributed by atoms with Crippen LogP contribution < -0.4 is 14.2 Å². The molecule has 0 aliphatic carbocycles. The van der Waals surface area contributed by atoms with Crippen LogP contribution in [0, 0.1) is 0 Å². The molecule has 0 bridgehead atoms. The molecule has 6 nitrogen and oxygen atoms in total. The third-order valence-electron chi connectivity index (χ3n) is 4.22. The van der Waals surface area contributed by atoms with Gasteiger partial charge in [0.2, 0.25) is 10.0 Å². The number of sulfonamides is 1. The van der Waals surface area contributed by atoms with Gasteiger partial charge in [-0.1, -0.05) is 12.1 Å². The van der Waals surface area contributed by atoms with Gasteiger partial charge >= 0.3 is 0 Å². The summed E-state index contributed by atoms with van der Waals surface area (Å²) in [4.78, 5) is 4.50. The van der Waals surface area contributed by atoms with Crippen molar-refractivity contribution >= 4 is 20.9 Å². The summed E-state index contributed by atoms with van der Waals surface area (Å²) in [6.45, 7) is 5.21. The quantitative estimate of drug-likeness (QED) is 0.594. The number of fused-ring (bicyclic) bond motifs is 1. The molecular weight excluding hydrogens is 376 g/mol. The Morgan fingerprint density at radius 3 is 2.43 bits per heavy atom. The van der Waals surface area contributed by atoms with Crippen molar-refractivity contribution in [1.82, 2.24) is 9.71 Å². The molecule has 0 saturated carbocycles. The predicted molar refractivity (Wildman–Crippen MR) is 109 cm³/mol. The van der Waals surface area contributed by atoms with Crippen LogP contribution in [0.4, 0.5) is 0 Å². The van der Waals surface area contributed by atoms with Gasteiger partial charge in [0.15, 0.2) is 0 Å². The van der Waals surface area contributed by atoms with Gasteiger partial charge in [-0.2, -0.15) is 0 Å². The van der Waals surface area contributed by atoms with Crippen LogP contribution in [0.25, 0.3) is 10.9 Å². The number of nitrogens with one attached hydrogen (secondary N) is 1. The van der Waals surface area contributed by atoms with Crippen LogP contribution >= 0.6 is 0 Å². The lowest BCUT2D eigenvalue weighted by molar-refractivity contribution is 0.340. The molecule has 3 rings (SSSR count). The summed E-state index contributed by atoms with van der Waals surface area (Å²) >= 11 is 0. The maximum atomic E-state index is 12.8. The molecule has 1 aromatic heterocycles. The molecule has 2 aromatic carbocycles. The molecule has 1 N–H and O–H groups in total. The Labute approximate surface area is 165 Å². The summed E-state index contributed by atoms with van der Waals surface area (Å²) < 4.78 is 39.4. The van der Waals surface area contributed by atoms with E-state index in [9.17, 15) is 8.42 Å². The van der Waals surface area contributed by atoms with E-state index in [1.54, 1.807) is 30.5 Å². The molecule has 28 heavy (non-hydrogen) atoms. The number of pyridine rings is 1. The first-order valence-corrected chi connectivity index (χ1v) is 10.8. The number of hydrogen-bond donors (Lipinski definition) is 1. The van der Waals surface area contributed by atoms with E-state index in [1.165, 1.54) is 0 Å². The molecule has 0 aliphatic heterocycles. The number of aromatic nitrogens is 1. The number of nitrogens with zero attached hydrogens (tertiary/aromatic N) is 1. The van der Waals surface area contributed by atoms with Crippen molar-refractivity contribution in [1.29, 1.82) is 0 Å². The third-order valence-corrected chi connectivity index (χ3v) is 5.74. The Balaban J connectivity index is 1.75. The summed E-state index contributed by atoms with van der Waals surface area (Å²) in [5.41, 5.74) is 1.57. The highest BCUT2D eigenvalue weighted by Gasteiger charge is 2.19. The van der Waals surface area contributed by atoms with Gasteiger partial charge < -0.3 is 9.47 Å². The summed E-state index contributed by atoms with van der Waals surface area (Å²) in [5.74, 6) is 1.38. The van der Waals surface area contributed by atoms with Crippen molar-refractivity contribution < 1.29 is 17.9 Å². The van der Waals surface area contributed by atoms with Crippen molar-refractivity contribution in [3.05, 3.63) is 60.3 Å². The molecule has 0 radical (unpaired) electrons. The smallest absolute Gasteiger partial charge is 0.241 e. The van der Waals surface area contributed by atoms with Gasteiger partial charge in [0, 0.05) is 18.1 Å². The normalized spacial score (nSPS) is 11.5. The molecule has 0 aliphatic rings. The van der Waals surface area contributed by atoms with E-state index in [1.807, 2.05) is 38.1 Å². The van der Waals surface area contributed by atoms with Gasteiger partial charge in [-0.3, -0.25) is 4.98 Å². The van der Waals surface area contributed by atoms with E-state index in [-0.39, 0.29) is 4.90 Å². The van der Waals surface area contributed by atoms with Gasteiger partial charge in [0.05, 0.1) is 18.1 Å². The molecule has 0 fully saturated rings. The number of ether oxygens (including phenoxy) is 2. The fourth-order valence-electron chi connectivity index (χ4n) is 2.95. The lowest BCUT2D eigenvalue weighted by atomic mass is 10.1. The zero-order valence-electron chi connectivity index (χ0n) is 16.0. The van der Waals surface area contributed by atoms with Crippen LogP contribution in [-0.4, -0.2) is 33.2 Å². The first-order valence-electron chi connectivity index (χ1n) is 9.27. The molecule has 0 amide bonds. The Bertz CT molecular complexity index is 1030. The zero-order chi connectivity index (χ0) is 20.0. The van der Waals surface area contributed by atoms with E-state index in [0.717, 1.165) is 11.3 Å². The van der Waals surface area contributed by atoms with Crippen molar-refractivity contribution in [2.75, 3.05) is 19.8 Å². The van der Waals surface area contributed by atoms with Gasteiger partial charge in [-0.15, -0.1) is 0 Å². The lowest BCUT2D eigenvalue weighted by Crippen LogP contribution is -2.26. The minimum absolute atomic E-state index is 0.200. The number of benzene rings is 2. The maximum Gasteiger partial charge on any atom is 0.241 e. The molecule has 7 heteroatoms. The summed E-state index contributed by atoms with van der Waals surface area (Å²) in [5, 5.41) is 0.544. The minimum Gasteiger partial charge on any atom is -0.494 e. The van der Waals surface area contributed by atoms with E-state index in [0.29, 0.717) is 42.8 Å². The Morgan fingerprint density at radius 2 is 1.71 bits per heavy atom. The highest BCUT2D eigenvalue weighted by Crippen LogP contribution is 2.29. The summed E-state index contributed by atoms with van der Waals surface area (Å²) in [6.07, 6.45) is 2.21. The van der Waals surface area contributed by atoms with Crippen LogP contribution in [0.1, 0.15) is 19.4 Å². The average molecular weight is 401 g/mol. The highest BCUT2D eigenvalue weighted by molar-refractivity contribution is 7.89. The molecule has 3 aromatic rings. The van der Waals surface area contributed by atoms with E-state index >= 15 is 0 Å². The van der Waals surface area contributed by atoms with Gasteiger partial charge in [-0.05, 0) is 62.2 Å². The van der Waals surface area contributed by atoms with Crippen molar-refractivity contribution in [3.8, 4) is 11.5 Å². The van der Waals surface area contributed by atoms with Crippen LogP contribution in [0.2, 0.25) is 0 Å². The second kappa shape index (κ2) is 9.03. The van der Waals surface area contributed by atoms with Gasteiger partial charge in [-0.25, -0.2) is 13.1 Å². The summed E-state index contributed by atoms with van der Waals surface area (Å²) in [7, 11) is -3.68. The molecule has 0 spiro atoms. The zero-order valence-corrected chi connectivity index (χ0v) is 16.8. The van der Waals surface area contributed by atoms with Crippen LogP contribution in [0.5, 0.6) is 11.5 Å². The monoisotopic (exact) mass is 400 g/mol. The molecule has 0 saturated heterocycles. The van der Waals surface area contributed by atoms with Crippen LogP contribution in [-0.2, 0) is 16.4 Å². The molecule has 0 atom stereocenters. The topological polar surface area (TPSA) is 77.5 Å². The third kappa shape index (κ3) is 4.61. The fourth-order valence-corrected chi connectivity index (χ4v) is 4.18. The Morgan fingerprint density at radius 1 is 0.964 bits per heavy atom. The largest absolute Gasteiger partial charge is 0.494 e. The average Bonchev–Trinajstić information content (AvgIpc) is 2.70. The van der Waals surface area contributed by atoms with Gasteiger partial charge in [0.25, 0.3) is 0 Å². The molecular formula is C21H24N2O4S. The van der Waals surface area contributed by atoms with Crippen molar-refractivity contribution in [2.45, 2.75) is 25.2 Å². The number of hydrogen-bond acceptors (Lipinski definition) is 5. The van der Waals surface area contributed by atoms with Crippen LogP contribution in [0.3, 0.4) is 0 Å². The number of rotatable bonds is 9. The van der Waals surface area contributed by atoms with Crippen molar-refractivity contribution in [2.24, 2.45) is 0 Å². The van der Waals surface area contributed by atoms with E-state index in [4.69, 9.17) is 9.47 Å². The molecule has 148 valence electrons. The fraction of sp³-hybridized carbons (Fsp3) is 0.286. The maximum absolute atomic E-state index is 12.8. The van der Waals surface area contributed by atoms with E-state index in [2.05, 4.69) is 9.71 Å². The first kappa shape index (κ1) is 20.1. The standard InChI is InChI=1S/C21H24N2O4S/c1-3-26-17-9-7-16(8-10-17)13-15-23-28(24,25)20-12-11-19(27-4-2)21-18(20)6-5-14-22-21/h5-12,14,23H,3-4,13,15H2,1-2H3. The lowest BCUT2D eigenvalue weighted by Gasteiger charge is -2.12. The first-order chi connectivity index (χ1) is 13.5. The SMILES string of the molecule is CCOc1ccc(CCNS(=O)(=O)c2ccc(OCC)c3ncccc23)cc1. The predicted octanol–water partition coefficient (Wildman–Crippen LogP) is 3.55. The second-order valence-electron chi connectivity index (χ2n) is 6.12. The molecule has 1 heterocycles. The van der Waals surface area contributed by atoms with Crippen LogP contribution in [0.15, 0.2) is 59.6 Å². The van der Waals surface area contributed by atoms with Crippen molar-refractivity contribution in [3.63, 3.8) is 0 Å². The molecule has 0 unspecified atom stereocenters. The van der Waals surface area contributed by atoms with E-state index < -0.39 is 10.0 Å².